The van der Waals surface area contributed by atoms with Gasteiger partial charge in [0.15, 0.2) is 5.78 Å². The van der Waals surface area contributed by atoms with Gasteiger partial charge in [0.2, 0.25) is 0 Å². The third-order valence-electron chi connectivity index (χ3n) is 11.9. The van der Waals surface area contributed by atoms with Crippen molar-refractivity contribution in [3.63, 3.8) is 0 Å². The molecule has 3 aromatic rings. The minimum absolute atomic E-state index is 0.123. The molecule has 0 spiro atoms. The highest BCUT2D eigenvalue weighted by atomic mass is 16.5. The lowest BCUT2D eigenvalue weighted by atomic mass is 9.85. The topological polar surface area (TPSA) is 141 Å². The lowest BCUT2D eigenvalue weighted by Gasteiger charge is -2.19. The van der Waals surface area contributed by atoms with Gasteiger partial charge in [-0.15, -0.1) is 0 Å². The molecule has 3 aromatic heterocycles. The Bertz CT molecular complexity index is 2290. The van der Waals surface area contributed by atoms with Gasteiger partial charge in [0.1, 0.15) is 12.5 Å². The van der Waals surface area contributed by atoms with Crippen LogP contribution in [0.2, 0.25) is 0 Å². The Balaban J connectivity index is 1.50. The summed E-state index contributed by atoms with van der Waals surface area (Å²) in [7, 11) is 1.29. The van der Waals surface area contributed by atoms with E-state index in [0.717, 1.165) is 80.3 Å². The SMILES string of the molecule is C=Cc1c(C)c2n([O-])c1/C=c1\[nH]/c(c(CC)c1C)=C\c1[nH]c3c(c1C)C(=O)[C@H](C(=O)OC)/C3=C1/N/C(=C\2)[C@@H](C)[C@@H]1CCC(=O)OC/C=C(\C)CCCC(C)C. The number of fused-ring (bicyclic) bond motifs is 7. The Morgan fingerprint density at radius 1 is 1.04 bits per heavy atom. The molecule has 3 atom stereocenters. The van der Waals surface area contributed by atoms with E-state index in [2.05, 4.69) is 49.6 Å². The smallest absolute Gasteiger partial charge is 0.321 e. The van der Waals surface area contributed by atoms with E-state index in [1.165, 1.54) is 12.7 Å². The fourth-order valence-electron chi connectivity index (χ4n) is 8.60. The highest BCUT2D eigenvalue weighted by Crippen LogP contribution is 2.48. The number of carbonyl (C=O) groups excluding carboxylic acids is 3. The van der Waals surface area contributed by atoms with Crippen LogP contribution < -0.4 is 16.0 Å². The zero-order valence-electron chi connectivity index (χ0n) is 33.7. The Hall–Kier alpha value is -5.25. The quantitative estimate of drug-likeness (QED) is 0.101. The van der Waals surface area contributed by atoms with Crippen LogP contribution in [0.25, 0.3) is 29.9 Å². The number of hydrogen-bond donors (Lipinski definition) is 3. The molecule has 0 unspecified atom stereocenters. The number of allylic oxidation sites excluding steroid dienone is 3. The minimum atomic E-state index is -1.20. The fraction of sp³-hybridized carbons (Fsp3) is 0.444. The van der Waals surface area contributed by atoms with Crippen LogP contribution in [0.3, 0.4) is 0 Å². The molecule has 0 radical (unpaired) electrons. The monoisotopic (exact) mass is 747 g/mol. The zero-order chi connectivity index (χ0) is 39.9. The summed E-state index contributed by atoms with van der Waals surface area (Å²) in [4.78, 5) is 48.1. The van der Waals surface area contributed by atoms with Crippen LogP contribution >= 0.6 is 0 Å². The molecule has 1 saturated heterocycles. The maximum atomic E-state index is 14.3. The molecule has 6 rings (SSSR count). The van der Waals surface area contributed by atoms with Crippen molar-refractivity contribution >= 4 is 47.6 Å². The van der Waals surface area contributed by atoms with Crippen LogP contribution in [-0.2, 0) is 25.5 Å². The van der Waals surface area contributed by atoms with E-state index < -0.39 is 11.9 Å². The summed E-state index contributed by atoms with van der Waals surface area (Å²) in [5.41, 5.74) is 10.1. The Morgan fingerprint density at radius 3 is 2.45 bits per heavy atom. The molecule has 292 valence electrons. The van der Waals surface area contributed by atoms with Crippen molar-refractivity contribution in [2.75, 3.05) is 13.7 Å². The molecule has 3 N–H and O–H groups in total. The molecule has 0 amide bonds. The average molecular weight is 748 g/mol. The summed E-state index contributed by atoms with van der Waals surface area (Å²) in [6, 6.07) is 0. The number of rotatable bonds is 12. The fourth-order valence-corrected chi connectivity index (χ4v) is 8.60. The predicted molar refractivity (Wildman–Crippen MR) is 218 cm³/mol. The Morgan fingerprint density at radius 2 is 1.78 bits per heavy atom. The molecule has 0 saturated carbocycles. The maximum Gasteiger partial charge on any atom is 0.321 e. The number of aromatic amines is 2. The van der Waals surface area contributed by atoms with E-state index in [4.69, 9.17) is 9.47 Å². The minimum Gasteiger partial charge on any atom is -0.805 e. The number of nitrogens with one attached hydrogen (secondary N) is 3. The van der Waals surface area contributed by atoms with Gasteiger partial charge in [-0.05, 0) is 106 Å². The number of methoxy groups -OCH3 is 1. The largest absolute Gasteiger partial charge is 0.805 e. The predicted octanol–water partition coefficient (Wildman–Crippen LogP) is 7.28. The number of esters is 2. The summed E-state index contributed by atoms with van der Waals surface area (Å²) in [6.45, 7) is 20.7. The molecule has 10 nitrogen and oxygen atoms in total. The number of Topliss-reactive ketones (excluding diaryl/α,β-unsaturated/α-hetero) is 1. The molecule has 5 heterocycles. The number of ether oxygens (including phenoxy) is 2. The average Bonchev–Trinajstić information content (AvgIpc) is 3.87. The van der Waals surface area contributed by atoms with Crippen molar-refractivity contribution in [2.24, 2.45) is 23.7 Å². The van der Waals surface area contributed by atoms with E-state index in [1.54, 1.807) is 6.08 Å². The molecule has 1 fully saturated rings. The Kier molecular flexibility index (Phi) is 11.4. The molecule has 3 aliphatic rings. The van der Waals surface area contributed by atoms with Crippen molar-refractivity contribution in [3.8, 4) is 0 Å². The first kappa shape index (κ1) is 39.4. The maximum absolute atomic E-state index is 14.3. The number of H-pyrrole nitrogens is 2. The van der Waals surface area contributed by atoms with E-state index in [9.17, 15) is 19.6 Å². The highest BCUT2D eigenvalue weighted by molar-refractivity contribution is 6.24. The lowest BCUT2D eigenvalue weighted by molar-refractivity contribution is -0.143. The molecular formula is C45H55N4O6-. The van der Waals surface area contributed by atoms with Crippen LogP contribution in [0.15, 0.2) is 29.6 Å². The molecule has 8 bridgehead atoms. The van der Waals surface area contributed by atoms with Gasteiger partial charge in [0, 0.05) is 74.1 Å². The summed E-state index contributed by atoms with van der Waals surface area (Å²) in [6.07, 6.45) is 13.9. The number of aromatic nitrogens is 3. The van der Waals surface area contributed by atoms with Crippen LogP contribution in [0.5, 0.6) is 0 Å². The number of nitrogens with zero attached hydrogens (tertiary/aromatic N) is 1. The van der Waals surface area contributed by atoms with E-state index in [-0.39, 0.29) is 36.6 Å². The van der Waals surface area contributed by atoms with Gasteiger partial charge >= 0.3 is 11.9 Å². The van der Waals surface area contributed by atoms with E-state index >= 15 is 0 Å². The first-order valence-corrected chi connectivity index (χ1v) is 19.6. The normalized spacial score (nSPS) is 22.4. The summed E-state index contributed by atoms with van der Waals surface area (Å²) >= 11 is 0. The standard InChI is InChI=1S/C45H55N4O6/c1-11-29-25(6)33-22-37-30(12-2)27(8)36(49(37)53)21-34-26(7)31(16-17-38(50)55-19-18-24(5)15-13-14-23(3)4)42(47-34)40-41(45(52)54-10)44(51)39-28(9)32(48-43(39)40)20-35(29)46-33/h12,18,20-23,26,31,41,46-48H,2,11,13-17,19H2,1,3-10H3/q-1/b24-18+,33-22-,34-21-,35-20-,42-40-/t26-,31-,41+/m0/s1. The van der Waals surface area contributed by atoms with E-state index in [0.29, 0.717) is 46.3 Å². The molecule has 1 aliphatic carbocycles. The second-order valence-corrected chi connectivity index (χ2v) is 15.7. The van der Waals surface area contributed by atoms with Crippen LogP contribution in [0, 0.1) is 49.7 Å². The van der Waals surface area contributed by atoms with Crippen molar-refractivity contribution < 1.29 is 23.9 Å². The van der Waals surface area contributed by atoms with Gasteiger partial charge in [-0.2, -0.15) is 0 Å². The molecular weight excluding hydrogens is 693 g/mol. The number of ketones is 1. The number of carbonyl (C=O) groups is 3. The molecule has 2 aliphatic heterocycles. The van der Waals surface area contributed by atoms with Crippen LogP contribution in [-0.4, -0.2) is 46.1 Å². The van der Waals surface area contributed by atoms with Gasteiger partial charge in [-0.3, -0.25) is 14.4 Å². The van der Waals surface area contributed by atoms with E-state index in [1.807, 2.05) is 52.0 Å². The van der Waals surface area contributed by atoms with Crippen molar-refractivity contribution in [1.29, 1.82) is 0 Å². The van der Waals surface area contributed by atoms with Crippen molar-refractivity contribution in [2.45, 2.75) is 93.9 Å². The van der Waals surface area contributed by atoms with Gasteiger partial charge in [-0.25, -0.2) is 0 Å². The molecule has 0 aromatic carbocycles. The van der Waals surface area contributed by atoms with Crippen molar-refractivity contribution in [1.82, 2.24) is 20.0 Å². The van der Waals surface area contributed by atoms with Crippen LogP contribution in [0.1, 0.15) is 128 Å². The lowest BCUT2D eigenvalue weighted by Crippen LogP contribution is -2.25. The van der Waals surface area contributed by atoms with Gasteiger partial charge < -0.3 is 34.7 Å². The van der Waals surface area contributed by atoms with Crippen molar-refractivity contribution in [3.05, 3.63) is 102 Å². The summed E-state index contributed by atoms with van der Waals surface area (Å²) < 4.78 is 11.9. The third-order valence-corrected chi connectivity index (χ3v) is 11.9. The summed E-state index contributed by atoms with van der Waals surface area (Å²) in [5, 5.41) is 19.5. The molecule has 10 heteroatoms. The first-order valence-electron chi connectivity index (χ1n) is 19.6. The summed E-state index contributed by atoms with van der Waals surface area (Å²) in [5.74, 6) is -2.41. The van der Waals surface area contributed by atoms with Gasteiger partial charge in [0.25, 0.3) is 0 Å². The Labute approximate surface area is 323 Å². The zero-order valence-corrected chi connectivity index (χ0v) is 33.7. The third kappa shape index (κ3) is 7.19. The first-order chi connectivity index (χ1) is 26.2. The van der Waals surface area contributed by atoms with Gasteiger partial charge in [0.05, 0.1) is 12.8 Å². The van der Waals surface area contributed by atoms with Gasteiger partial charge in [-0.1, -0.05) is 52.3 Å². The number of hydrogen-bond acceptors (Lipinski definition) is 7. The molecule has 55 heavy (non-hydrogen) atoms. The highest BCUT2D eigenvalue weighted by Gasteiger charge is 2.48. The second kappa shape index (κ2) is 15.8. The van der Waals surface area contributed by atoms with Crippen LogP contribution in [0.4, 0.5) is 0 Å². The second-order valence-electron chi connectivity index (χ2n) is 15.7.